The van der Waals surface area contributed by atoms with Crippen LogP contribution in [0, 0.1) is 11.8 Å². The lowest BCUT2D eigenvalue weighted by molar-refractivity contribution is -0.147. The molecule has 2 aliphatic carbocycles. The number of aliphatic carboxylic acids is 1. The van der Waals surface area contributed by atoms with Gasteiger partial charge in [-0.05, 0) is 30.4 Å². The molecule has 0 radical (unpaired) electrons. The Bertz CT molecular complexity index is 593. The number of fused-ring (bicyclic) bond motifs is 1. The number of rotatable bonds is 4. The van der Waals surface area contributed by atoms with Crippen LogP contribution in [0.25, 0.3) is 0 Å². The maximum Gasteiger partial charge on any atom is 0.307 e. The summed E-state index contributed by atoms with van der Waals surface area (Å²) in [7, 11) is 0. The van der Waals surface area contributed by atoms with Gasteiger partial charge in [0.15, 0.2) is 0 Å². The van der Waals surface area contributed by atoms with E-state index in [0.717, 1.165) is 6.42 Å². The van der Waals surface area contributed by atoms with Gasteiger partial charge in [0, 0.05) is 12.5 Å². The third-order valence-corrected chi connectivity index (χ3v) is 4.57. The van der Waals surface area contributed by atoms with E-state index in [2.05, 4.69) is 17.4 Å². The molecule has 2 N–H and O–H groups in total. The van der Waals surface area contributed by atoms with Crippen LogP contribution in [-0.4, -0.2) is 23.5 Å². The van der Waals surface area contributed by atoms with Gasteiger partial charge >= 0.3 is 5.97 Å². The van der Waals surface area contributed by atoms with E-state index in [1.165, 1.54) is 11.1 Å². The van der Waals surface area contributed by atoms with Crippen LogP contribution < -0.4 is 5.32 Å². The summed E-state index contributed by atoms with van der Waals surface area (Å²) in [6.07, 6.45) is 5.71. The standard InChI is InChI=1S/C17H19NO3/c19-16(14-7-3-4-8-15(14)17(20)21)18-10-12-9-11-5-1-2-6-13(11)12/h1-6,12,14-15H,7-10H2,(H,18,19)(H,20,21). The van der Waals surface area contributed by atoms with Crippen LogP contribution in [0.2, 0.25) is 0 Å². The van der Waals surface area contributed by atoms with Gasteiger partial charge in [-0.3, -0.25) is 9.59 Å². The van der Waals surface area contributed by atoms with Crippen molar-refractivity contribution in [3.05, 3.63) is 47.5 Å². The van der Waals surface area contributed by atoms with Gasteiger partial charge in [-0.25, -0.2) is 0 Å². The molecular weight excluding hydrogens is 266 g/mol. The first-order valence-electron chi connectivity index (χ1n) is 7.40. The van der Waals surface area contributed by atoms with Gasteiger partial charge in [-0.1, -0.05) is 36.4 Å². The highest BCUT2D eigenvalue weighted by Gasteiger charge is 2.34. The zero-order valence-electron chi connectivity index (χ0n) is 11.8. The van der Waals surface area contributed by atoms with Crippen molar-refractivity contribution in [2.75, 3.05) is 6.54 Å². The van der Waals surface area contributed by atoms with Crippen LogP contribution in [0.15, 0.2) is 36.4 Å². The molecule has 0 fully saturated rings. The summed E-state index contributed by atoms with van der Waals surface area (Å²) in [5, 5.41) is 12.2. The summed E-state index contributed by atoms with van der Waals surface area (Å²) in [6, 6.07) is 8.25. The van der Waals surface area contributed by atoms with Crippen molar-refractivity contribution >= 4 is 11.9 Å². The summed E-state index contributed by atoms with van der Waals surface area (Å²) >= 11 is 0. The van der Waals surface area contributed by atoms with Crippen LogP contribution in [0.5, 0.6) is 0 Å². The molecule has 3 atom stereocenters. The number of nitrogens with one attached hydrogen (secondary N) is 1. The van der Waals surface area contributed by atoms with E-state index in [1.807, 2.05) is 24.3 Å². The minimum atomic E-state index is -0.881. The maximum absolute atomic E-state index is 12.3. The smallest absolute Gasteiger partial charge is 0.307 e. The van der Waals surface area contributed by atoms with Gasteiger partial charge in [0.25, 0.3) is 0 Å². The summed E-state index contributed by atoms with van der Waals surface area (Å²) in [6.45, 7) is 0.600. The first kappa shape index (κ1) is 13.9. The molecule has 0 bridgehead atoms. The van der Waals surface area contributed by atoms with Crippen molar-refractivity contribution in [3.8, 4) is 0 Å². The van der Waals surface area contributed by atoms with E-state index in [-0.39, 0.29) is 5.91 Å². The van der Waals surface area contributed by atoms with Crippen LogP contribution in [0.1, 0.15) is 29.9 Å². The number of amides is 1. The third kappa shape index (κ3) is 2.71. The molecule has 0 aliphatic heterocycles. The molecule has 4 nitrogen and oxygen atoms in total. The molecule has 1 aromatic carbocycles. The maximum atomic E-state index is 12.3. The second kappa shape index (κ2) is 5.72. The fourth-order valence-electron chi connectivity index (χ4n) is 3.28. The molecule has 0 heterocycles. The zero-order valence-corrected chi connectivity index (χ0v) is 11.8. The van der Waals surface area contributed by atoms with Gasteiger partial charge in [0.1, 0.15) is 0 Å². The van der Waals surface area contributed by atoms with E-state index < -0.39 is 17.8 Å². The lowest BCUT2D eigenvalue weighted by Crippen LogP contribution is -2.41. The predicted molar refractivity (Wildman–Crippen MR) is 78.9 cm³/mol. The summed E-state index contributed by atoms with van der Waals surface area (Å²) in [5.41, 5.74) is 2.65. The minimum Gasteiger partial charge on any atom is -0.481 e. The monoisotopic (exact) mass is 285 g/mol. The number of benzene rings is 1. The van der Waals surface area contributed by atoms with E-state index >= 15 is 0 Å². The average Bonchev–Trinajstić information content (AvgIpc) is 2.48. The van der Waals surface area contributed by atoms with Crippen LogP contribution >= 0.6 is 0 Å². The quantitative estimate of drug-likeness (QED) is 0.833. The Kier molecular flexibility index (Phi) is 3.78. The summed E-state index contributed by atoms with van der Waals surface area (Å²) in [4.78, 5) is 23.5. The van der Waals surface area contributed by atoms with Crippen LogP contribution in [0.3, 0.4) is 0 Å². The van der Waals surface area contributed by atoms with Crippen molar-refractivity contribution in [2.45, 2.75) is 25.2 Å². The zero-order chi connectivity index (χ0) is 14.8. The molecule has 1 aromatic rings. The number of hydrogen-bond donors (Lipinski definition) is 2. The van der Waals surface area contributed by atoms with Crippen molar-refractivity contribution in [2.24, 2.45) is 11.8 Å². The molecule has 0 spiro atoms. The predicted octanol–water partition coefficient (Wildman–Crippen LogP) is 2.11. The number of carbonyl (C=O) groups is 2. The fraction of sp³-hybridized carbons (Fsp3) is 0.412. The van der Waals surface area contributed by atoms with Gasteiger partial charge in [-0.2, -0.15) is 0 Å². The lowest BCUT2D eigenvalue weighted by atomic mass is 9.77. The van der Waals surface area contributed by atoms with Crippen molar-refractivity contribution < 1.29 is 14.7 Å². The van der Waals surface area contributed by atoms with Gasteiger partial charge in [0.05, 0.1) is 11.8 Å². The second-order valence-corrected chi connectivity index (χ2v) is 5.84. The fourth-order valence-corrected chi connectivity index (χ4v) is 3.28. The molecule has 21 heavy (non-hydrogen) atoms. The highest BCUT2D eigenvalue weighted by atomic mass is 16.4. The molecule has 3 unspecified atom stereocenters. The molecule has 0 saturated carbocycles. The highest BCUT2D eigenvalue weighted by molar-refractivity contribution is 5.85. The normalized spacial score (nSPS) is 26.6. The molecule has 1 amide bonds. The lowest BCUT2D eigenvalue weighted by Gasteiger charge is -2.31. The van der Waals surface area contributed by atoms with E-state index in [9.17, 15) is 14.7 Å². The van der Waals surface area contributed by atoms with Crippen molar-refractivity contribution in [3.63, 3.8) is 0 Å². The topological polar surface area (TPSA) is 66.4 Å². The van der Waals surface area contributed by atoms with Gasteiger partial charge < -0.3 is 10.4 Å². The molecular formula is C17H19NO3. The second-order valence-electron chi connectivity index (χ2n) is 5.84. The highest BCUT2D eigenvalue weighted by Crippen LogP contribution is 2.34. The van der Waals surface area contributed by atoms with Crippen molar-refractivity contribution in [1.82, 2.24) is 5.32 Å². The molecule has 4 heteroatoms. The first-order valence-corrected chi connectivity index (χ1v) is 7.40. The Morgan fingerprint density at radius 2 is 1.86 bits per heavy atom. The van der Waals surface area contributed by atoms with E-state index in [4.69, 9.17) is 0 Å². The third-order valence-electron chi connectivity index (χ3n) is 4.57. The van der Waals surface area contributed by atoms with Crippen LogP contribution in [0.4, 0.5) is 0 Å². The molecule has 2 aliphatic rings. The van der Waals surface area contributed by atoms with Crippen molar-refractivity contribution in [1.29, 1.82) is 0 Å². The van der Waals surface area contributed by atoms with Crippen LogP contribution in [-0.2, 0) is 16.0 Å². The summed E-state index contributed by atoms with van der Waals surface area (Å²) in [5.74, 6) is -1.68. The Hall–Kier alpha value is -2.10. The number of hydrogen-bond acceptors (Lipinski definition) is 2. The Balaban J connectivity index is 1.57. The summed E-state index contributed by atoms with van der Waals surface area (Å²) < 4.78 is 0. The molecule has 3 rings (SSSR count). The number of carboxylic acids is 1. The Labute approximate surface area is 123 Å². The molecule has 110 valence electrons. The molecule has 0 saturated heterocycles. The Morgan fingerprint density at radius 1 is 1.14 bits per heavy atom. The number of carboxylic acid groups (broad SMARTS) is 1. The average molecular weight is 285 g/mol. The Morgan fingerprint density at radius 3 is 2.57 bits per heavy atom. The minimum absolute atomic E-state index is 0.129. The molecule has 0 aromatic heterocycles. The SMILES string of the molecule is O=C(O)C1CC=CCC1C(=O)NCC1Cc2ccccc21. The largest absolute Gasteiger partial charge is 0.481 e. The number of allylic oxidation sites excluding steroid dienone is 2. The van der Waals surface area contributed by atoms with Gasteiger partial charge in [0.2, 0.25) is 5.91 Å². The first-order chi connectivity index (χ1) is 10.2. The van der Waals surface area contributed by atoms with E-state index in [0.29, 0.717) is 25.3 Å². The number of carbonyl (C=O) groups excluding carboxylic acids is 1. The van der Waals surface area contributed by atoms with E-state index in [1.54, 1.807) is 0 Å². The van der Waals surface area contributed by atoms with Gasteiger partial charge in [-0.15, -0.1) is 0 Å².